The number of halogens is 1. The lowest BCUT2D eigenvalue weighted by Crippen LogP contribution is -2.50. The third-order valence-electron chi connectivity index (χ3n) is 11.7. The molecule has 2 aromatic carbocycles. The van der Waals surface area contributed by atoms with E-state index in [0.29, 0.717) is 29.8 Å². The Bertz CT molecular complexity index is 1790. The largest absolute Gasteiger partial charge is 0.487 e. The number of benzene rings is 2. The summed E-state index contributed by atoms with van der Waals surface area (Å²) in [5, 5.41) is -0.0999. The molecule has 3 heterocycles. The SMILES string of the molecule is CO[C@@]1(C#CCCN2CCOC[C@@H]2C)/C=C/C[C@H](C)[C@@H](C)S(=O)(=O)NC(=O)c2ccc3c(c2)N(CCCCc2cc(Cl)ccc2CO3)C[C@@H]2CC[C@H]21. The summed E-state index contributed by atoms with van der Waals surface area (Å²) in [7, 11) is -2.23. The Balaban J connectivity index is 1.36. The summed E-state index contributed by atoms with van der Waals surface area (Å²) in [5.74, 6) is 7.26. The van der Waals surface area contributed by atoms with Crippen molar-refractivity contribution in [1.82, 2.24) is 9.62 Å². The van der Waals surface area contributed by atoms with Crippen molar-refractivity contribution in [2.24, 2.45) is 17.8 Å². The zero-order valence-corrected chi connectivity index (χ0v) is 32.6. The highest BCUT2D eigenvalue weighted by Crippen LogP contribution is 2.46. The van der Waals surface area contributed by atoms with Gasteiger partial charge in [0, 0.05) is 62.3 Å². The first-order valence-corrected chi connectivity index (χ1v) is 20.8. The summed E-state index contributed by atoms with van der Waals surface area (Å²) in [6, 6.07) is 11.5. The number of morpholine rings is 1. The first-order valence-electron chi connectivity index (χ1n) is 18.9. The topological polar surface area (TPSA) is 97.4 Å². The predicted molar refractivity (Wildman–Crippen MR) is 206 cm³/mol. The number of amides is 1. The molecule has 1 saturated carbocycles. The summed E-state index contributed by atoms with van der Waals surface area (Å²) in [4.78, 5) is 18.3. The Kier molecular flexibility index (Phi) is 12.6. The first-order chi connectivity index (χ1) is 25.0. The number of ether oxygens (including phenoxy) is 3. The molecule has 3 aliphatic heterocycles. The van der Waals surface area contributed by atoms with Crippen LogP contribution in [0, 0.1) is 29.6 Å². The highest BCUT2D eigenvalue weighted by atomic mass is 35.5. The van der Waals surface area contributed by atoms with Crippen molar-refractivity contribution in [2.75, 3.05) is 51.4 Å². The average Bonchev–Trinajstić information content (AvgIpc) is 3.14. The number of methoxy groups -OCH3 is 1. The summed E-state index contributed by atoms with van der Waals surface area (Å²) in [5.41, 5.74) is 2.50. The summed E-state index contributed by atoms with van der Waals surface area (Å²) < 4.78 is 48.0. The second-order valence-corrected chi connectivity index (χ2v) is 17.5. The van der Waals surface area contributed by atoms with Crippen molar-refractivity contribution in [2.45, 2.75) is 89.2 Å². The number of aryl methyl sites for hydroxylation is 1. The normalized spacial score (nSPS) is 30.4. The zero-order valence-electron chi connectivity index (χ0n) is 31.0. The molecular weight excluding hydrogens is 698 g/mol. The van der Waals surface area contributed by atoms with E-state index >= 15 is 0 Å². The van der Waals surface area contributed by atoms with E-state index in [1.165, 1.54) is 5.56 Å². The van der Waals surface area contributed by atoms with E-state index in [9.17, 15) is 13.2 Å². The molecular formula is C41H54ClN3O6S. The van der Waals surface area contributed by atoms with E-state index in [0.717, 1.165) is 89.2 Å². The van der Waals surface area contributed by atoms with Gasteiger partial charge in [-0.1, -0.05) is 42.5 Å². The number of carbonyl (C=O) groups is 1. The molecule has 9 nitrogen and oxygen atoms in total. The van der Waals surface area contributed by atoms with E-state index in [1.54, 1.807) is 32.2 Å². The maximum Gasteiger partial charge on any atom is 0.264 e. The lowest BCUT2D eigenvalue weighted by Gasteiger charge is -2.47. The second kappa shape index (κ2) is 16.9. The van der Waals surface area contributed by atoms with Crippen molar-refractivity contribution >= 4 is 33.2 Å². The molecule has 2 aromatic rings. The highest BCUT2D eigenvalue weighted by molar-refractivity contribution is 7.90. The van der Waals surface area contributed by atoms with Crippen LogP contribution in [-0.4, -0.2) is 82.6 Å². The number of hydrogen-bond acceptors (Lipinski definition) is 8. The van der Waals surface area contributed by atoms with Crippen molar-refractivity contribution in [1.29, 1.82) is 0 Å². The van der Waals surface area contributed by atoms with Gasteiger partial charge in [-0.3, -0.25) is 9.69 Å². The molecule has 282 valence electrons. The van der Waals surface area contributed by atoms with Crippen molar-refractivity contribution in [3.63, 3.8) is 0 Å². The number of nitrogens with one attached hydrogen (secondary N) is 1. The Hall–Kier alpha value is -3.07. The quantitative estimate of drug-likeness (QED) is 0.276. The van der Waals surface area contributed by atoms with Gasteiger partial charge in [0.15, 0.2) is 0 Å². The molecule has 0 spiro atoms. The molecule has 4 aliphatic rings. The van der Waals surface area contributed by atoms with Gasteiger partial charge in [-0.05, 0) is 112 Å². The maximum absolute atomic E-state index is 13.6. The number of sulfonamides is 1. The molecule has 2 bridgehead atoms. The monoisotopic (exact) mass is 751 g/mol. The van der Waals surface area contributed by atoms with Gasteiger partial charge in [0.25, 0.3) is 5.91 Å². The molecule has 1 saturated heterocycles. The Morgan fingerprint density at radius 3 is 2.69 bits per heavy atom. The molecule has 6 atom stereocenters. The Morgan fingerprint density at radius 2 is 1.92 bits per heavy atom. The van der Waals surface area contributed by atoms with Crippen LogP contribution in [0.1, 0.15) is 80.8 Å². The van der Waals surface area contributed by atoms with E-state index < -0.39 is 26.8 Å². The standard InChI is InChI=1S/C41H54ClN3O6S/c1-29-10-9-19-41(49-4,18-6-8-20-44-22-23-50-27-30(44)2)37-16-13-34(37)26-45-21-7-5-11-32-24-36(42)15-12-35(32)28-51-39-17-14-33(25-38(39)45)40(46)43-52(47,48)31(29)3/h9,12,14-15,17,19,24-25,29-31,34,37H,5,7-8,10-11,13,16,20-23,26-28H2,1-4H3,(H,43,46)/b19-9+/t29-,30-,31+,34-,37+,41-/m0/s1. The number of rotatable bonds is 3. The summed E-state index contributed by atoms with van der Waals surface area (Å²) >= 11 is 6.39. The molecule has 1 N–H and O–H groups in total. The molecule has 0 unspecified atom stereocenters. The fourth-order valence-electron chi connectivity index (χ4n) is 7.97. The highest BCUT2D eigenvalue weighted by Gasteiger charge is 2.47. The molecule has 11 heteroatoms. The van der Waals surface area contributed by atoms with Gasteiger partial charge in [0.05, 0.1) is 24.2 Å². The fourth-order valence-corrected chi connectivity index (χ4v) is 9.45. The molecule has 0 aromatic heterocycles. The Labute approximate surface area is 315 Å². The minimum absolute atomic E-state index is 0.133. The van der Waals surface area contributed by atoms with Crippen LogP contribution >= 0.6 is 11.6 Å². The van der Waals surface area contributed by atoms with Gasteiger partial charge in [-0.25, -0.2) is 13.1 Å². The van der Waals surface area contributed by atoms with Crippen LogP contribution in [0.15, 0.2) is 48.6 Å². The van der Waals surface area contributed by atoms with Crippen molar-refractivity contribution in [3.8, 4) is 17.6 Å². The smallest absolute Gasteiger partial charge is 0.264 e. The minimum Gasteiger partial charge on any atom is -0.487 e. The lowest BCUT2D eigenvalue weighted by atomic mass is 9.64. The third-order valence-corrected chi connectivity index (χ3v) is 13.9. The van der Waals surface area contributed by atoms with Crippen LogP contribution in [0.2, 0.25) is 5.02 Å². The van der Waals surface area contributed by atoms with Crippen molar-refractivity contribution < 1.29 is 27.4 Å². The first kappa shape index (κ1) is 38.6. The number of carbonyl (C=O) groups excluding carboxylic acids is 1. The molecule has 6 rings (SSSR count). The predicted octanol–water partition coefficient (Wildman–Crippen LogP) is 6.63. The molecule has 0 radical (unpaired) electrons. The van der Waals surface area contributed by atoms with Crippen LogP contribution < -0.4 is 14.4 Å². The van der Waals surface area contributed by atoms with Gasteiger partial charge in [-0.2, -0.15) is 0 Å². The minimum atomic E-state index is -3.97. The molecule has 1 amide bonds. The number of anilines is 1. The average molecular weight is 752 g/mol. The van der Waals surface area contributed by atoms with Crippen LogP contribution in [0.5, 0.6) is 5.75 Å². The van der Waals surface area contributed by atoms with Gasteiger partial charge < -0.3 is 19.1 Å². The lowest BCUT2D eigenvalue weighted by molar-refractivity contribution is -0.0350. The van der Waals surface area contributed by atoms with Crippen LogP contribution in [0.3, 0.4) is 0 Å². The van der Waals surface area contributed by atoms with Gasteiger partial charge in [-0.15, -0.1) is 0 Å². The van der Waals surface area contributed by atoms with Crippen LogP contribution in [0.25, 0.3) is 0 Å². The number of fused-ring (bicyclic) bond motifs is 3. The zero-order chi connectivity index (χ0) is 36.9. The molecule has 1 aliphatic carbocycles. The van der Waals surface area contributed by atoms with Gasteiger partial charge in [0.2, 0.25) is 10.0 Å². The van der Waals surface area contributed by atoms with E-state index in [2.05, 4.69) is 39.4 Å². The maximum atomic E-state index is 13.6. The fraction of sp³-hybridized carbons (Fsp3) is 0.585. The van der Waals surface area contributed by atoms with Crippen LogP contribution in [-0.2, 0) is 32.5 Å². The third kappa shape index (κ3) is 8.82. The Morgan fingerprint density at radius 1 is 1.08 bits per heavy atom. The van der Waals surface area contributed by atoms with E-state index in [-0.39, 0.29) is 23.3 Å². The number of allylic oxidation sites excluding steroid dienone is 1. The second-order valence-electron chi connectivity index (χ2n) is 15.0. The van der Waals surface area contributed by atoms with Crippen LogP contribution in [0.4, 0.5) is 5.69 Å². The van der Waals surface area contributed by atoms with Crippen molar-refractivity contribution in [3.05, 3.63) is 70.3 Å². The van der Waals surface area contributed by atoms with E-state index in [4.69, 9.17) is 25.8 Å². The molecule has 2 fully saturated rings. The number of hydrogen-bond donors (Lipinski definition) is 1. The van der Waals surface area contributed by atoms with Gasteiger partial charge >= 0.3 is 0 Å². The molecule has 52 heavy (non-hydrogen) atoms. The summed E-state index contributed by atoms with van der Waals surface area (Å²) in [6.45, 7) is 10.8. The van der Waals surface area contributed by atoms with Gasteiger partial charge in [0.1, 0.15) is 18.0 Å². The van der Waals surface area contributed by atoms with E-state index in [1.807, 2.05) is 31.2 Å². The summed E-state index contributed by atoms with van der Waals surface area (Å²) in [6.07, 6.45) is 10.1. The number of nitrogens with zero attached hydrogens (tertiary/aromatic N) is 2.